The third kappa shape index (κ3) is 36.5. The van der Waals surface area contributed by atoms with Crippen LogP contribution in [-0.4, -0.2) is 319 Å². The number of nitrogens with two attached hydrogens (primary N) is 2. The second-order valence-electron chi connectivity index (χ2n) is 37.7. The van der Waals surface area contributed by atoms with Gasteiger partial charge < -0.3 is 122 Å². The van der Waals surface area contributed by atoms with Crippen LogP contribution in [0, 0.1) is 29.6 Å². The van der Waals surface area contributed by atoms with E-state index >= 15 is 0 Å². The normalized spacial score (nSPS) is 17.7. The highest BCUT2D eigenvalue weighted by molar-refractivity contribution is 7.47. The van der Waals surface area contributed by atoms with Crippen molar-refractivity contribution < 1.29 is 138 Å². The molecule has 0 bridgehead atoms. The number of cyclic esters (lactones) is 1. The number of fused-ring (bicyclic) bond motifs is 2. The number of rotatable bonds is 60. The summed E-state index contributed by atoms with van der Waals surface area (Å²) < 4.78 is 76.8. The van der Waals surface area contributed by atoms with E-state index in [0.29, 0.717) is 71.5 Å². The molecule has 1 unspecified atom stereocenters. The number of nitrogens with zero attached hydrogens (tertiary/aromatic N) is 4. The van der Waals surface area contributed by atoms with Gasteiger partial charge in [-0.3, -0.25) is 81.2 Å². The molecule has 4 aromatic carbocycles. The zero-order valence-corrected chi connectivity index (χ0v) is 87.3. The van der Waals surface area contributed by atoms with Crippen molar-refractivity contribution in [2.75, 3.05) is 139 Å². The van der Waals surface area contributed by atoms with E-state index in [1.165, 1.54) is 56.7 Å². The number of anilines is 2. The summed E-state index contributed by atoms with van der Waals surface area (Å²) in [7, 11) is 3.24. The lowest BCUT2D eigenvalue weighted by Gasteiger charge is -2.41. The number of hydrogen-bond donors (Lipinski definition) is 13. The van der Waals surface area contributed by atoms with E-state index in [4.69, 9.17) is 63.1 Å². The molecule has 0 aliphatic carbocycles. The third-order valence-corrected chi connectivity index (χ3v) is 26.5. The minimum Gasteiger partial charge on any atom is -0.489 e. The van der Waals surface area contributed by atoms with Crippen molar-refractivity contribution in [3.63, 3.8) is 0 Å². The molecule has 46 heteroatoms. The van der Waals surface area contributed by atoms with Gasteiger partial charge in [0.25, 0.3) is 17.7 Å². The van der Waals surface area contributed by atoms with Crippen LogP contribution in [0.3, 0.4) is 0 Å². The summed E-state index contributed by atoms with van der Waals surface area (Å²) in [5, 5.41) is 26.7. The summed E-state index contributed by atoms with van der Waals surface area (Å²) in [5.41, 5.74) is 13.6. The number of methoxy groups -OCH3 is 2. The number of likely N-dealkylation sites (N-methyl/N-ethyl adjacent to an activating group) is 2. The average molecular weight is 2080 g/mol. The zero-order valence-electron chi connectivity index (χ0n) is 86.4. The Balaban J connectivity index is 0.784. The van der Waals surface area contributed by atoms with Crippen LogP contribution in [-0.2, 0) is 122 Å². The van der Waals surface area contributed by atoms with E-state index in [-0.39, 0.29) is 169 Å². The van der Waals surface area contributed by atoms with Gasteiger partial charge >= 0.3 is 25.8 Å². The number of likely N-dealkylation sites (tertiary alicyclic amines) is 1. The van der Waals surface area contributed by atoms with Crippen molar-refractivity contribution in [3.05, 3.63) is 131 Å². The molecule has 0 radical (unpaired) electrons. The molecule has 8 rings (SSSR count). The Bertz CT molecular complexity index is 5180. The summed E-state index contributed by atoms with van der Waals surface area (Å²) in [4.78, 5) is 235. The quantitative estimate of drug-likeness (QED) is 0.00743. The second kappa shape index (κ2) is 59.5. The van der Waals surface area contributed by atoms with Gasteiger partial charge in [0.15, 0.2) is 11.5 Å². The van der Waals surface area contributed by atoms with Crippen LogP contribution in [0.25, 0.3) is 0 Å². The second-order valence-corrected chi connectivity index (χ2v) is 39.2. The van der Waals surface area contributed by atoms with Crippen LogP contribution in [0.1, 0.15) is 177 Å². The average Bonchev–Trinajstić information content (AvgIpc) is 1.79. The maximum absolute atomic E-state index is 14.7. The number of para-hydroxylation sites is 1. The van der Waals surface area contributed by atoms with E-state index in [1.54, 1.807) is 93.1 Å². The van der Waals surface area contributed by atoms with Gasteiger partial charge in [-0.2, -0.15) is 0 Å². The summed E-state index contributed by atoms with van der Waals surface area (Å²) >= 11 is 0. The lowest BCUT2D eigenvalue weighted by molar-refractivity contribution is -0.148. The highest BCUT2D eigenvalue weighted by atomic mass is 31.2. The number of amides is 15. The number of esters is 2. The molecule has 4 aliphatic rings. The van der Waals surface area contributed by atoms with E-state index in [0.717, 1.165) is 12.2 Å². The lowest BCUT2D eigenvalue weighted by atomic mass is 9.89. The van der Waals surface area contributed by atoms with Gasteiger partial charge in [0, 0.05) is 83.8 Å². The van der Waals surface area contributed by atoms with Crippen LogP contribution in [0.15, 0.2) is 103 Å². The van der Waals surface area contributed by atoms with Gasteiger partial charge in [-0.15, -0.1) is 0 Å². The molecule has 0 spiro atoms. The Morgan fingerprint density at radius 2 is 1.28 bits per heavy atom. The molecule has 15 amide bonds. The van der Waals surface area contributed by atoms with E-state index in [9.17, 15) is 86.2 Å². The lowest BCUT2D eigenvalue weighted by Crippen LogP contribution is -2.59. The van der Waals surface area contributed by atoms with Crippen molar-refractivity contribution in [2.45, 2.75) is 225 Å². The number of carbonyl (C=O) groups excluding carboxylic acids is 16. The monoisotopic (exact) mass is 2080 g/mol. The minimum absolute atomic E-state index is 0.0133. The number of benzene rings is 4. The van der Waals surface area contributed by atoms with Crippen LogP contribution < -0.4 is 74.1 Å². The molecule has 4 heterocycles. The SMILES string of the molecule is CC[C@H](C)[C@@H]([C@@H](CC(=O)N1CCC[C@H]1[C@H](OC)[C@@H](C)C(=O)N[C@H](C)[C@@H](OP(=O)(O)OCc1ccc(NC(=O)[C@H](CCCNC(N)=O)NC(=O)[C@@H](NC(=O)[C@H](CC(=O)N[C@H]2CCOC2=O)NC(=O)CCOCCOCCOCCOCCNC(=O)[C@H](CNC(=O)c2cccc3c2OCCCc2cc(N)ccc2C(=O)O3)N2C(=O)C=CC2=O)C(C)C)cc1)c1ccccc1)OC)N(C)C(=O)[C@@H](NC(=O)[C@H](C(C)C)N(C)C)C(C)C. The fourth-order valence-electron chi connectivity index (χ4n) is 17.7. The molecular weight excluding hydrogens is 1930 g/mol. The number of phosphoric ester groups is 1. The molecule has 810 valence electrons. The van der Waals surface area contributed by atoms with Gasteiger partial charge in [-0.25, -0.2) is 18.9 Å². The fourth-order valence-corrected chi connectivity index (χ4v) is 18.6. The number of phosphoric acid groups is 1. The summed E-state index contributed by atoms with van der Waals surface area (Å²) in [5.74, 6) is -12.2. The van der Waals surface area contributed by atoms with Crippen molar-refractivity contribution in [1.29, 1.82) is 0 Å². The minimum atomic E-state index is -5.02. The molecule has 15 N–H and O–H groups in total. The van der Waals surface area contributed by atoms with Crippen LogP contribution in [0.2, 0.25) is 0 Å². The molecule has 2 fully saturated rings. The van der Waals surface area contributed by atoms with Crippen molar-refractivity contribution in [3.8, 4) is 11.5 Å². The summed E-state index contributed by atoms with van der Waals surface area (Å²) in [6, 6.07) is 12.2. The Kier molecular flexibility index (Phi) is 48.5. The molecule has 0 aromatic heterocycles. The Morgan fingerprint density at radius 1 is 0.626 bits per heavy atom. The Hall–Kier alpha value is -12.4. The molecule has 16 atom stereocenters. The fraction of sp³-hybridized carbons (Fsp3) is 0.584. The van der Waals surface area contributed by atoms with E-state index < -0.39 is 195 Å². The molecule has 45 nitrogen and oxygen atoms in total. The number of carbonyl (C=O) groups is 16. The van der Waals surface area contributed by atoms with Crippen molar-refractivity contribution in [2.24, 2.45) is 35.3 Å². The zero-order chi connectivity index (χ0) is 108. The largest absolute Gasteiger partial charge is 0.489 e. The number of nitrogens with one attached hydrogen (secondary N) is 10. The molecule has 4 aliphatic heterocycles. The number of hydrogen-bond acceptors (Lipinski definition) is 30. The van der Waals surface area contributed by atoms with Gasteiger partial charge in [0.1, 0.15) is 42.4 Å². The number of urea groups is 1. The standard InChI is InChI=1S/C101H147N16O29P/c1-16-62(8)87(115(13)98(130)85(60(4)5)113-97(129)86(61(6)7)114(11)12)78(136-14)56-83(122)116-43-22-29-75(116)88(137-15)63(9)91(123)107-64(10)89(66-24-18-17-19-25-66)146-147(134,135)144-58-65-31-34-69(35-32-65)108-93(125)72(28-21-41-105-101(103)133)111-96(128)84(59(2)3)112-94(126)74(55-80(119)109-73-39-46-143-100(73)132)110-79(118)40-45-138-48-50-140-52-53-141-51-49-139-47-42-104-95(127)76(117-81(120)37-38-82(117)121)57-106-92(124)71-27-20-30-77-90(71)142-44-23-26-67-54-68(102)33-36-70(67)99(131)145-77/h17-20,24-25,27,30-38,54,59-64,72-76,78,84-89H,16,21-23,26,28-29,39-53,55-58,102H2,1-15H3,(H,104,127)(H,106,124)(H,107,123)(H,108,125)(H,109,119)(H,110,118)(H,111,128)(H,112,126)(H,113,129)(H,134,135)(H3,103,105,133)/t62-,63+,64+,72-,73-,74-,75-,76-,78+,84-,85-,86-,87-,88+,89+/m0/s1. The smallest absolute Gasteiger partial charge is 0.473 e. The Labute approximate surface area is 856 Å². The summed E-state index contributed by atoms with van der Waals surface area (Å²) in [6.45, 7) is 17.8. The number of ether oxygens (including phenoxy) is 9. The predicted molar refractivity (Wildman–Crippen MR) is 536 cm³/mol. The predicted octanol–water partition coefficient (Wildman–Crippen LogP) is 3.96. The first kappa shape index (κ1) is 120. The molecule has 2 saturated heterocycles. The van der Waals surface area contributed by atoms with Gasteiger partial charge in [-0.1, -0.05) is 117 Å². The molecule has 4 aromatic rings. The first-order chi connectivity index (χ1) is 70.0. The van der Waals surface area contributed by atoms with Gasteiger partial charge in [0.2, 0.25) is 59.1 Å². The first-order valence-electron chi connectivity index (χ1n) is 49.7. The van der Waals surface area contributed by atoms with Crippen molar-refractivity contribution in [1.82, 2.24) is 67.5 Å². The van der Waals surface area contributed by atoms with E-state index in [1.807, 2.05) is 60.5 Å². The molecule has 147 heavy (non-hydrogen) atoms. The van der Waals surface area contributed by atoms with Crippen LogP contribution >= 0.6 is 7.82 Å². The first-order valence-corrected chi connectivity index (χ1v) is 51.1. The summed E-state index contributed by atoms with van der Waals surface area (Å²) in [6.07, 6.45) is 0.712. The maximum Gasteiger partial charge on any atom is 0.473 e. The highest BCUT2D eigenvalue weighted by Gasteiger charge is 2.46. The number of primary amides is 1. The molecular formula is C101H147N16O29P. The number of aryl methyl sites for hydroxylation is 1. The third-order valence-electron chi connectivity index (χ3n) is 25.6. The Morgan fingerprint density at radius 3 is 1.89 bits per heavy atom. The van der Waals surface area contributed by atoms with Gasteiger partial charge in [0.05, 0.1) is 139 Å². The van der Waals surface area contributed by atoms with Crippen LogP contribution in [0.4, 0.5) is 16.2 Å². The van der Waals surface area contributed by atoms with Crippen molar-refractivity contribution >= 4 is 114 Å². The topological polar surface area (TPSA) is 597 Å². The van der Waals surface area contributed by atoms with Gasteiger partial charge in [-0.05, 0) is 142 Å². The highest BCUT2D eigenvalue weighted by Crippen LogP contribution is 2.50. The van der Waals surface area contributed by atoms with Crippen LogP contribution in [0.5, 0.6) is 11.5 Å². The van der Waals surface area contributed by atoms with E-state index in [2.05, 4.69) is 53.2 Å². The number of nitrogen functional groups attached to an aromatic ring is 1. The maximum atomic E-state index is 14.7. The number of imide groups is 1. The molecule has 0 saturated carbocycles.